The first kappa shape index (κ1) is 14.9. The van der Waals surface area contributed by atoms with E-state index in [0.717, 1.165) is 36.4 Å². The lowest BCUT2D eigenvalue weighted by Gasteiger charge is -2.25. The molecular formula is C15H18BrN6O+. The molecule has 2 aliphatic heterocycles. The Balaban J connectivity index is 1.70. The second-order valence-electron chi connectivity index (χ2n) is 6.01. The lowest BCUT2D eigenvalue weighted by molar-refractivity contribution is -0.746. The molecule has 0 fully saturated rings. The van der Waals surface area contributed by atoms with Crippen LogP contribution in [-0.2, 0) is 24.2 Å². The Hall–Kier alpha value is -1.61. The molecule has 1 aromatic rings. The zero-order valence-electron chi connectivity index (χ0n) is 12.8. The third-order valence-electron chi connectivity index (χ3n) is 4.66. The minimum absolute atomic E-state index is 0.0680. The molecule has 8 heteroatoms. The summed E-state index contributed by atoms with van der Waals surface area (Å²) in [6, 6.07) is 0. The van der Waals surface area contributed by atoms with Gasteiger partial charge in [-0.25, -0.2) is 0 Å². The number of halogens is 1. The molecule has 0 saturated carbocycles. The maximum Gasteiger partial charge on any atom is 0.301 e. The molecule has 2 unspecified atom stereocenters. The molecule has 120 valence electrons. The number of quaternary nitrogens is 1. The van der Waals surface area contributed by atoms with Crippen molar-refractivity contribution in [3.05, 3.63) is 40.7 Å². The number of H-pyrrole nitrogens is 1. The van der Waals surface area contributed by atoms with E-state index >= 15 is 0 Å². The maximum absolute atomic E-state index is 6.44. The van der Waals surface area contributed by atoms with Crippen LogP contribution in [0.3, 0.4) is 0 Å². The van der Waals surface area contributed by atoms with Crippen molar-refractivity contribution in [2.24, 2.45) is 21.7 Å². The number of rotatable bonds is 3. The number of nitrogens with two attached hydrogens (primary N) is 1. The van der Waals surface area contributed by atoms with E-state index in [1.807, 2.05) is 12.4 Å². The van der Waals surface area contributed by atoms with Gasteiger partial charge in [-0.2, -0.15) is 15.9 Å². The molecule has 3 aliphatic rings. The second-order valence-corrected chi connectivity index (χ2v) is 6.71. The maximum atomic E-state index is 6.44. The Morgan fingerprint density at radius 2 is 2.39 bits per heavy atom. The molecule has 3 heterocycles. The molecule has 1 aliphatic carbocycles. The van der Waals surface area contributed by atoms with Crippen LogP contribution >= 0.6 is 15.9 Å². The van der Waals surface area contributed by atoms with E-state index in [0.29, 0.717) is 17.3 Å². The highest BCUT2D eigenvalue weighted by molar-refractivity contribution is 9.18. The average molecular weight is 378 g/mol. The molecule has 7 nitrogen and oxygen atoms in total. The summed E-state index contributed by atoms with van der Waals surface area (Å²) >= 11 is 3.51. The average Bonchev–Trinajstić information content (AvgIpc) is 3.07. The van der Waals surface area contributed by atoms with Crippen LogP contribution < -0.4 is 5.84 Å². The first-order valence-corrected chi connectivity index (χ1v) is 8.34. The van der Waals surface area contributed by atoms with Crippen molar-refractivity contribution >= 4 is 26.9 Å². The van der Waals surface area contributed by atoms with Gasteiger partial charge in [0.05, 0.1) is 24.7 Å². The van der Waals surface area contributed by atoms with Crippen molar-refractivity contribution in [3.8, 4) is 0 Å². The van der Waals surface area contributed by atoms with E-state index in [4.69, 9.17) is 15.6 Å². The third-order valence-corrected chi connectivity index (χ3v) is 5.43. The predicted octanol–water partition coefficient (Wildman–Crippen LogP) is 1.88. The van der Waals surface area contributed by atoms with Gasteiger partial charge in [-0.1, -0.05) is 0 Å². The summed E-state index contributed by atoms with van der Waals surface area (Å²) in [6.07, 6.45) is 8.21. The van der Waals surface area contributed by atoms with Crippen molar-refractivity contribution in [2.45, 2.75) is 25.9 Å². The monoisotopic (exact) mass is 377 g/mol. The fourth-order valence-electron chi connectivity index (χ4n) is 3.44. The number of aryl methyl sites for hydroxylation is 1. The summed E-state index contributed by atoms with van der Waals surface area (Å²) in [5, 5.41) is 7.52. The number of aliphatic imine (C=N–C) groups is 2. The first-order chi connectivity index (χ1) is 11.1. The summed E-state index contributed by atoms with van der Waals surface area (Å²) in [6.45, 7) is 0.526. The van der Waals surface area contributed by atoms with Crippen molar-refractivity contribution in [2.75, 3.05) is 7.11 Å². The Morgan fingerprint density at radius 1 is 1.52 bits per heavy atom. The van der Waals surface area contributed by atoms with E-state index in [1.54, 1.807) is 13.3 Å². The van der Waals surface area contributed by atoms with Crippen molar-refractivity contribution in [1.82, 2.24) is 10.2 Å². The van der Waals surface area contributed by atoms with Gasteiger partial charge in [0.25, 0.3) is 0 Å². The number of amidine groups is 1. The van der Waals surface area contributed by atoms with Gasteiger partial charge in [-0.3, -0.25) is 10.1 Å². The van der Waals surface area contributed by atoms with Crippen LogP contribution in [0, 0.1) is 5.92 Å². The van der Waals surface area contributed by atoms with Crippen LogP contribution in [0.2, 0.25) is 0 Å². The van der Waals surface area contributed by atoms with Gasteiger partial charge in [0.2, 0.25) is 5.70 Å². The summed E-state index contributed by atoms with van der Waals surface area (Å²) in [5.74, 6) is 6.75. The second kappa shape index (κ2) is 5.48. The minimum atomic E-state index is 0.0680. The van der Waals surface area contributed by atoms with E-state index in [1.165, 1.54) is 11.3 Å². The van der Waals surface area contributed by atoms with E-state index in [-0.39, 0.29) is 4.59 Å². The normalized spacial score (nSPS) is 28.8. The van der Waals surface area contributed by atoms with E-state index in [9.17, 15) is 0 Å². The highest BCUT2D eigenvalue weighted by Gasteiger charge is 2.44. The van der Waals surface area contributed by atoms with E-state index in [2.05, 4.69) is 31.1 Å². The summed E-state index contributed by atoms with van der Waals surface area (Å²) in [4.78, 5) is 8.95. The molecule has 0 saturated heterocycles. The number of aromatic nitrogens is 2. The van der Waals surface area contributed by atoms with Gasteiger partial charge in [0.1, 0.15) is 11.9 Å². The number of hydrogen-bond acceptors (Lipinski definition) is 5. The number of hydrogen-bond donors (Lipinski definition) is 2. The van der Waals surface area contributed by atoms with Gasteiger partial charge in [0, 0.05) is 34.7 Å². The van der Waals surface area contributed by atoms with Gasteiger partial charge in [-0.15, -0.1) is 4.59 Å². The predicted molar refractivity (Wildman–Crippen MR) is 90.3 cm³/mol. The van der Waals surface area contributed by atoms with Crippen LogP contribution in [0.1, 0.15) is 23.4 Å². The van der Waals surface area contributed by atoms with Crippen molar-refractivity contribution in [1.29, 1.82) is 0 Å². The van der Waals surface area contributed by atoms with Gasteiger partial charge in [-0.05, 0) is 24.8 Å². The van der Waals surface area contributed by atoms with Gasteiger partial charge >= 0.3 is 4.74 Å². The van der Waals surface area contributed by atoms with Crippen LogP contribution in [0.25, 0.3) is 0 Å². The molecule has 3 N–H and O–H groups in total. The van der Waals surface area contributed by atoms with E-state index < -0.39 is 0 Å². The van der Waals surface area contributed by atoms with Gasteiger partial charge < -0.3 is 4.74 Å². The number of nitrogens with one attached hydrogen (secondary N) is 1. The lowest BCUT2D eigenvalue weighted by Crippen LogP contribution is -2.50. The summed E-state index contributed by atoms with van der Waals surface area (Å²) in [5.41, 5.74) is 5.41. The molecule has 0 aromatic carbocycles. The molecule has 1 aromatic heterocycles. The largest absolute Gasteiger partial charge is 0.378 e. The lowest BCUT2D eigenvalue weighted by atomic mass is 9.84. The fraction of sp³-hybridized carbons (Fsp3) is 0.400. The number of aromatic amines is 1. The number of nitrogens with zero attached hydrogens (tertiary/aromatic N) is 4. The Labute approximate surface area is 142 Å². The van der Waals surface area contributed by atoms with Crippen LogP contribution in [0.4, 0.5) is 0 Å². The van der Waals surface area contributed by atoms with Gasteiger partial charge in [0.15, 0.2) is 0 Å². The number of methoxy groups -OCH3 is 1. The molecule has 0 bridgehead atoms. The Bertz CT molecular complexity index is 777. The van der Waals surface area contributed by atoms with Crippen LogP contribution in [0.15, 0.2) is 33.8 Å². The highest BCUT2D eigenvalue weighted by Crippen LogP contribution is 2.39. The smallest absolute Gasteiger partial charge is 0.301 e. The summed E-state index contributed by atoms with van der Waals surface area (Å²) in [7, 11) is 1.69. The standard InChI is InChI=1S/C15H18BrN6O/c1-23-8-12-10-6-9(2-3-11(10)20-21-12)14-13-7-18-4-5-22(13,17)15(16)19-14/h4-5,7,9H,2-3,6,8,17H2,1H3,(H,20,21)/q+1. The molecular weight excluding hydrogens is 360 g/mol. The number of ether oxygens (including phenoxy) is 1. The summed E-state index contributed by atoms with van der Waals surface area (Å²) < 4.78 is 6.01. The Morgan fingerprint density at radius 3 is 3.22 bits per heavy atom. The van der Waals surface area contributed by atoms with Crippen LogP contribution in [-0.4, -0.2) is 32.9 Å². The topological polar surface area (TPSA) is 88.6 Å². The molecule has 23 heavy (non-hydrogen) atoms. The molecule has 4 rings (SSSR count). The minimum Gasteiger partial charge on any atom is -0.378 e. The first-order valence-electron chi connectivity index (χ1n) is 7.55. The SMILES string of the molecule is COCc1n[nH]c2c1CC(C1=C3C=NC=C[N+]3(N)C(Br)=N1)CC2. The number of fused-ring (bicyclic) bond motifs is 2. The zero-order valence-corrected chi connectivity index (χ0v) is 14.4. The van der Waals surface area contributed by atoms with Crippen molar-refractivity contribution < 1.29 is 9.33 Å². The zero-order chi connectivity index (χ0) is 16.0. The number of allylic oxidation sites excluding steroid dienone is 2. The quantitative estimate of drug-likeness (QED) is 0.478. The molecule has 0 spiro atoms. The van der Waals surface area contributed by atoms with Crippen molar-refractivity contribution in [3.63, 3.8) is 0 Å². The fourth-order valence-corrected chi connectivity index (χ4v) is 3.94. The molecule has 2 atom stereocenters. The molecule has 0 amide bonds. The Kier molecular flexibility index (Phi) is 3.56. The third kappa shape index (κ3) is 2.25. The van der Waals surface area contributed by atoms with Crippen LogP contribution in [0.5, 0.6) is 0 Å². The molecule has 0 radical (unpaired) electrons. The highest BCUT2D eigenvalue weighted by atomic mass is 79.9.